The Labute approximate surface area is 378 Å². The summed E-state index contributed by atoms with van der Waals surface area (Å²) in [7, 11) is 3.58. The molecule has 0 saturated carbocycles. The van der Waals surface area contributed by atoms with Gasteiger partial charge in [0, 0.05) is 68.5 Å². The first-order valence-electron chi connectivity index (χ1n) is 19.8. The van der Waals surface area contributed by atoms with Crippen LogP contribution in [0.1, 0.15) is 56.6 Å². The van der Waals surface area contributed by atoms with Crippen LogP contribution in [0.3, 0.4) is 0 Å². The standard InChI is InChI=1S/C32H40F6N10O3S.C7H16N2O.CH4N2/c1-3-43-24(29(51)47-21-15-19(31(33,34)35)7-8-25(21)52-13-10-40)14-18(2)28(50)48-23-17-20(32(36,37)38)16-22(27(23)44-12-9-39)46-26(49)6-4-5-11-45-30(41)42;1-8-6-4-3-5-7(10)9-2;2-1-3/h3,7-8,14-17,44H,2,4-6,9-13,39-40H2,1H3,(H,46,49)(H,47,51)(H,48,50)(H4,41,42,45);8H,3-6H2,1-2H3,(H,9,10);1H,(H3,2,3)/b24-14-,43-3?;;. The lowest BCUT2D eigenvalue weighted by Crippen LogP contribution is -2.23. The molecule has 0 aliphatic carbocycles. The molecule has 362 valence electrons. The number of hydrogen-bond donors (Lipinski definition) is 12. The Bertz CT molecular complexity index is 1960. The van der Waals surface area contributed by atoms with Gasteiger partial charge in [0.05, 0.1) is 40.2 Å². The lowest BCUT2D eigenvalue weighted by atomic mass is 10.1. The number of hydrogen-bond acceptors (Lipinski definition) is 12. The number of nitrogens with two attached hydrogens (primary N) is 5. The predicted octanol–water partition coefficient (Wildman–Crippen LogP) is 4.31. The molecular formula is C40H60F6N14O4S. The summed E-state index contributed by atoms with van der Waals surface area (Å²) < 4.78 is 82.3. The van der Waals surface area contributed by atoms with Gasteiger partial charge in [0.2, 0.25) is 11.8 Å². The topological polar surface area (TPSA) is 319 Å². The summed E-state index contributed by atoms with van der Waals surface area (Å²) >= 11 is 1.09. The SMILES string of the molecule is C=C(/C=C(\N=CC)C(=O)Nc1cc(C(F)(F)F)ccc1SCCN)C(=O)Nc1cc(C(F)(F)F)cc(NC(=O)CCCCN=C(N)N)c1NCCN.CNCCCCC(=O)NC.N=CN. The van der Waals surface area contributed by atoms with E-state index in [4.69, 9.17) is 28.3 Å². The lowest BCUT2D eigenvalue weighted by molar-refractivity contribution is -0.138. The molecule has 0 unspecified atom stereocenters. The highest BCUT2D eigenvalue weighted by Crippen LogP contribution is 2.40. The molecule has 0 fully saturated rings. The number of rotatable bonds is 23. The van der Waals surface area contributed by atoms with Gasteiger partial charge in [0.15, 0.2) is 5.96 Å². The van der Waals surface area contributed by atoms with Crippen molar-refractivity contribution in [3.05, 3.63) is 65.4 Å². The van der Waals surface area contributed by atoms with E-state index in [0.717, 1.165) is 55.7 Å². The predicted molar refractivity (Wildman–Crippen MR) is 247 cm³/mol. The number of carbonyl (C=O) groups excluding carboxylic acids is 4. The van der Waals surface area contributed by atoms with Crippen molar-refractivity contribution >= 4 is 76.7 Å². The third-order valence-electron chi connectivity index (χ3n) is 7.93. The van der Waals surface area contributed by atoms with Gasteiger partial charge in [-0.2, -0.15) is 26.3 Å². The van der Waals surface area contributed by atoms with E-state index >= 15 is 0 Å². The Balaban J connectivity index is 0.00000273. The van der Waals surface area contributed by atoms with Crippen molar-refractivity contribution in [2.45, 2.75) is 62.7 Å². The molecule has 4 amide bonds. The largest absolute Gasteiger partial charge is 0.416 e. The van der Waals surface area contributed by atoms with Gasteiger partial charge in [-0.25, -0.2) is 0 Å². The summed E-state index contributed by atoms with van der Waals surface area (Å²) in [6.45, 7) is 6.50. The fraction of sp³-hybridized carbons (Fsp3) is 0.425. The Morgan fingerprint density at radius 1 is 0.800 bits per heavy atom. The Hall–Kier alpha value is -6.18. The first kappa shape index (κ1) is 58.8. The number of nitrogens with one attached hydrogen (secondary N) is 7. The summed E-state index contributed by atoms with van der Waals surface area (Å²) in [6, 6.07) is 4.07. The Morgan fingerprint density at radius 2 is 1.37 bits per heavy atom. The zero-order chi connectivity index (χ0) is 49.6. The number of alkyl halides is 6. The van der Waals surface area contributed by atoms with Crippen molar-refractivity contribution in [2.75, 3.05) is 73.8 Å². The molecule has 0 saturated heterocycles. The van der Waals surface area contributed by atoms with E-state index in [2.05, 4.69) is 54.2 Å². The maximum atomic E-state index is 14.0. The molecule has 65 heavy (non-hydrogen) atoms. The summed E-state index contributed by atoms with van der Waals surface area (Å²) in [5, 5.41) is 21.4. The molecule has 0 aliphatic rings. The van der Waals surface area contributed by atoms with E-state index in [0.29, 0.717) is 37.1 Å². The Morgan fingerprint density at radius 3 is 1.91 bits per heavy atom. The van der Waals surface area contributed by atoms with E-state index < -0.39 is 58.2 Å². The van der Waals surface area contributed by atoms with Crippen molar-refractivity contribution < 1.29 is 45.5 Å². The molecule has 0 atom stereocenters. The molecular weight excluding hydrogens is 887 g/mol. The average molecular weight is 947 g/mol. The molecule has 2 rings (SSSR count). The van der Waals surface area contributed by atoms with Crippen LogP contribution in [-0.4, -0.2) is 94.7 Å². The van der Waals surface area contributed by atoms with E-state index in [1.165, 1.54) is 19.2 Å². The Kier molecular flexibility index (Phi) is 28.6. The van der Waals surface area contributed by atoms with Gasteiger partial charge >= 0.3 is 12.4 Å². The summed E-state index contributed by atoms with van der Waals surface area (Å²) in [6.07, 6.45) is -3.48. The van der Waals surface area contributed by atoms with E-state index in [-0.39, 0.29) is 66.4 Å². The summed E-state index contributed by atoms with van der Waals surface area (Å²) in [5.41, 5.74) is 21.8. The molecule has 18 nitrogen and oxygen atoms in total. The molecule has 0 radical (unpaired) electrons. The van der Waals surface area contributed by atoms with Crippen LogP contribution >= 0.6 is 11.8 Å². The highest BCUT2D eigenvalue weighted by atomic mass is 32.2. The molecule has 2 aromatic carbocycles. The van der Waals surface area contributed by atoms with Crippen LogP contribution in [0.2, 0.25) is 0 Å². The smallest absolute Gasteiger partial charge is 0.390 e. The van der Waals surface area contributed by atoms with Gasteiger partial charge in [0.1, 0.15) is 5.70 Å². The molecule has 2 aromatic rings. The van der Waals surface area contributed by atoms with Crippen LogP contribution in [0, 0.1) is 5.41 Å². The first-order chi connectivity index (χ1) is 30.6. The number of aliphatic imine (C=N–C) groups is 2. The molecule has 25 heteroatoms. The number of carbonyl (C=O) groups is 4. The third-order valence-corrected chi connectivity index (χ3v) is 9.04. The van der Waals surface area contributed by atoms with Crippen LogP contribution in [0.15, 0.2) is 69.1 Å². The van der Waals surface area contributed by atoms with Crippen LogP contribution < -0.4 is 60.6 Å². The zero-order valence-electron chi connectivity index (χ0n) is 36.4. The lowest BCUT2D eigenvalue weighted by Gasteiger charge is -2.20. The van der Waals surface area contributed by atoms with Gasteiger partial charge in [-0.05, 0) is 82.6 Å². The minimum absolute atomic E-state index is 0.0209. The van der Waals surface area contributed by atoms with Gasteiger partial charge in [-0.3, -0.25) is 34.6 Å². The second-order valence-electron chi connectivity index (χ2n) is 13.1. The maximum absolute atomic E-state index is 14.0. The second-order valence-corrected chi connectivity index (χ2v) is 14.2. The zero-order valence-corrected chi connectivity index (χ0v) is 37.2. The van der Waals surface area contributed by atoms with Crippen molar-refractivity contribution in [1.29, 1.82) is 5.41 Å². The number of thioether (sulfide) groups is 1. The van der Waals surface area contributed by atoms with Crippen LogP contribution in [0.5, 0.6) is 0 Å². The van der Waals surface area contributed by atoms with E-state index in [1.54, 1.807) is 7.05 Å². The number of unbranched alkanes of at least 4 members (excludes halogenated alkanes) is 2. The molecule has 0 heterocycles. The summed E-state index contributed by atoms with van der Waals surface area (Å²) in [5.74, 6) is -2.41. The van der Waals surface area contributed by atoms with Crippen molar-refractivity contribution in [3.8, 4) is 0 Å². The van der Waals surface area contributed by atoms with E-state index in [9.17, 15) is 45.5 Å². The maximum Gasteiger partial charge on any atom is 0.416 e. The first-order valence-corrected chi connectivity index (χ1v) is 20.8. The van der Waals surface area contributed by atoms with Crippen LogP contribution in [0.25, 0.3) is 0 Å². The average Bonchev–Trinajstić information content (AvgIpc) is 3.23. The van der Waals surface area contributed by atoms with Crippen LogP contribution in [-0.2, 0) is 31.5 Å². The monoisotopic (exact) mass is 946 g/mol. The van der Waals surface area contributed by atoms with Gasteiger partial charge in [-0.1, -0.05) is 6.58 Å². The molecule has 0 aromatic heterocycles. The minimum Gasteiger partial charge on any atom is -0.390 e. The molecule has 0 bridgehead atoms. The fourth-order valence-electron chi connectivity index (χ4n) is 4.94. The van der Waals surface area contributed by atoms with Gasteiger partial charge in [0.25, 0.3) is 11.8 Å². The van der Waals surface area contributed by atoms with Crippen molar-refractivity contribution in [2.24, 2.45) is 38.7 Å². The normalized spacial score (nSPS) is 11.2. The van der Waals surface area contributed by atoms with Crippen molar-refractivity contribution in [1.82, 2.24) is 10.6 Å². The summed E-state index contributed by atoms with van der Waals surface area (Å²) in [4.78, 5) is 57.9. The molecule has 0 spiro atoms. The minimum atomic E-state index is -4.91. The van der Waals surface area contributed by atoms with E-state index in [1.807, 2.05) is 7.05 Å². The highest BCUT2D eigenvalue weighted by molar-refractivity contribution is 7.99. The highest BCUT2D eigenvalue weighted by Gasteiger charge is 2.34. The van der Waals surface area contributed by atoms with Crippen molar-refractivity contribution in [3.63, 3.8) is 0 Å². The quantitative estimate of drug-likeness (QED) is 0.0141. The number of anilines is 4. The number of guanidine groups is 1. The van der Waals surface area contributed by atoms with Gasteiger partial charge in [-0.15, -0.1) is 11.8 Å². The number of amides is 4. The molecule has 0 aliphatic heterocycles. The van der Waals surface area contributed by atoms with Crippen LogP contribution in [0.4, 0.5) is 49.1 Å². The second kappa shape index (κ2) is 31.6. The van der Waals surface area contributed by atoms with Gasteiger partial charge < -0.3 is 60.6 Å². The molecule has 17 N–H and O–H groups in total. The number of halogens is 6. The fourth-order valence-corrected chi connectivity index (χ4v) is 5.71. The number of benzene rings is 2. The third kappa shape index (κ3) is 24.5. The number of nitrogens with zero attached hydrogens (tertiary/aromatic N) is 2.